The number of halogens is 1. The van der Waals surface area contributed by atoms with E-state index in [-0.39, 0.29) is 31.9 Å². The van der Waals surface area contributed by atoms with Crippen LogP contribution >= 0.6 is 28.3 Å². The van der Waals surface area contributed by atoms with Crippen molar-refractivity contribution in [2.24, 2.45) is 0 Å². The molecule has 0 atom stereocenters. The van der Waals surface area contributed by atoms with Crippen molar-refractivity contribution in [1.82, 2.24) is 0 Å². The Hall–Kier alpha value is 1.44. The monoisotopic (exact) mass is 728 g/mol. The SMILES string of the molecule is C1CCC(P(C2CCCCC2)C2CCCCC2)CC1.C1CCC(P(C2CCCCC2)C2CCCCC2)CC1.C=O.Cl.[Ru]. The molecule has 0 radical (unpaired) electrons. The second-order valence-corrected chi connectivity index (χ2v) is 20.8. The van der Waals surface area contributed by atoms with Crippen molar-refractivity contribution in [3.05, 3.63) is 0 Å². The van der Waals surface area contributed by atoms with E-state index in [0.29, 0.717) is 15.8 Å². The van der Waals surface area contributed by atoms with Gasteiger partial charge in [0.2, 0.25) is 0 Å². The third-order valence-corrected chi connectivity index (χ3v) is 20.1. The number of carbonyl (C=O) groups excluding carboxylic acids is 1. The van der Waals surface area contributed by atoms with Gasteiger partial charge in [-0.25, -0.2) is 0 Å². The van der Waals surface area contributed by atoms with Crippen molar-refractivity contribution >= 4 is 35.0 Å². The minimum atomic E-state index is 0. The molecule has 42 heavy (non-hydrogen) atoms. The summed E-state index contributed by atoms with van der Waals surface area (Å²) in [5, 5.41) is 0. The molecule has 0 aromatic rings. The molecule has 248 valence electrons. The maximum absolute atomic E-state index is 8.00. The number of rotatable bonds is 6. The fraction of sp³-hybridized carbons (Fsp3) is 0.973. The average molecular weight is 728 g/mol. The van der Waals surface area contributed by atoms with Gasteiger partial charge in [0.25, 0.3) is 0 Å². The third kappa shape index (κ3) is 12.6. The van der Waals surface area contributed by atoms with Crippen molar-refractivity contribution in [3.63, 3.8) is 0 Å². The Bertz CT molecular complexity index is 492. The first-order chi connectivity index (χ1) is 19.9. The predicted molar refractivity (Wildman–Crippen MR) is 189 cm³/mol. The topological polar surface area (TPSA) is 17.1 Å². The summed E-state index contributed by atoms with van der Waals surface area (Å²) < 4.78 is 0. The van der Waals surface area contributed by atoms with Gasteiger partial charge in [0.15, 0.2) is 0 Å². The summed E-state index contributed by atoms with van der Waals surface area (Å²) in [6, 6.07) is 0. The minimum Gasteiger partial charge on any atom is -0.307 e. The zero-order valence-corrected chi connectivity index (χ0v) is 31.8. The molecule has 0 N–H and O–H groups in total. The predicted octanol–water partition coefficient (Wildman–Crippen LogP) is 13.2. The van der Waals surface area contributed by atoms with Gasteiger partial charge in [-0.05, 0) is 111 Å². The Morgan fingerprint density at radius 1 is 0.286 bits per heavy atom. The molecule has 0 aromatic heterocycles. The van der Waals surface area contributed by atoms with Crippen LogP contribution in [0.5, 0.6) is 0 Å². The molecule has 5 heteroatoms. The summed E-state index contributed by atoms with van der Waals surface area (Å²) in [4.78, 5) is 8.00. The first-order valence-corrected chi connectivity index (χ1v) is 21.8. The summed E-state index contributed by atoms with van der Waals surface area (Å²) in [7, 11) is 0.770. The molecule has 0 amide bonds. The van der Waals surface area contributed by atoms with Gasteiger partial charge in [0.1, 0.15) is 6.79 Å². The van der Waals surface area contributed by atoms with Crippen LogP contribution < -0.4 is 0 Å². The third-order valence-electron chi connectivity index (χ3n) is 12.0. The van der Waals surface area contributed by atoms with Gasteiger partial charge in [-0.15, -0.1) is 12.4 Å². The molecule has 6 aliphatic carbocycles. The van der Waals surface area contributed by atoms with Gasteiger partial charge in [-0.3, -0.25) is 0 Å². The molecular formula is C37H69ClOP2Ru. The Morgan fingerprint density at radius 2 is 0.405 bits per heavy atom. The fourth-order valence-corrected chi connectivity index (χ4v) is 19.4. The summed E-state index contributed by atoms with van der Waals surface area (Å²) in [5.41, 5.74) is 7.14. The Balaban J connectivity index is 0.000000265. The fourth-order valence-electron chi connectivity index (χ4n) is 10.1. The molecule has 0 spiro atoms. The molecule has 0 aromatic carbocycles. The van der Waals surface area contributed by atoms with E-state index in [2.05, 4.69) is 0 Å². The molecule has 0 aliphatic heterocycles. The molecule has 6 rings (SSSR count). The minimum absolute atomic E-state index is 0. The maximum Gasteiger partial charge on any atom is 0.106 e. The van der Waals surface area contributed by atoms with E-state index in [4.69, 9.17) is 4.79 Å². The van der Waals surface area contributed by atoms with Crippen molar-refractivity contribution in [1.29, 1.82) is 0 Å². The van der Waals surface area contributed by atoms with Crippen LogP contribution in [0.15, 0.2) is 0 Å². The van der Waals surface area contributed by atoms with E-state index in [1.165, 1.54) is 72.5 Å². The van der Waals surface area contributed by atoms with Crippen LogP contribution in [0.3, 0.4) is 0 Å². The molecule has 6 aliphatic rings. The van der Waals surface area contributed by atoms with Gasteiger partial charge in [-0.1, -0.05) is 131 Å². The molecule has 6 saturated carbocycles. The largest absolute Gasteiger partial charge is 0.307 e. The second-order valence-electron chi connectivity index (χ2n) is 14.6. The zero-order chi connectivity index (χ0) is 27.8. The molecule has 0 heterocycles. The molecule has 1 nitrogen and oxygen atoms in total. The van der Waals surface area contributed by atoms with E-state index in [0.717, 1.165) is 0 Å². The standard InChI is InChI=1S/2C18H33P.CH2O.ClH.Ru/c2*1-4-10-16(11-5-1)19(17-12-6-2-7-13-17)18-14-8-3-9-15-18;1-2;;/h2*16-18H,1-15H2;1H2;1H;. The molecule has 6 fully saturated rings. The van der Waals surface area contributed by atoms with Crippen molar-refractivity contribution in [2.75, 3.05) is 0 Å². The van der Waals surface area contributed by atoms with E-state index in [1.54, 1.807) is 154 Å². The number of hydrogen-bond donors (Lipinski definition) is 0. The van der Waals surface area contributed by atoms with Gasteiger partial charge in [-0.2, -0.15) is 0 Å². The van der Waals surface area contributed by atoms with Crippen molar-refractivity contribution in [3.8, 4) is 0 Å². The Kier molecular flexibility index (Phi) is 22.4. The summed E-state index contributed by atoms with van der Waals surface area (Å²) >= 11 is 0. The maximum atomic E-state index is 8.00. The van der Waals surface area contributed by atoms with Crippen molar-refractivity contribution < 1.29 is 24.3 Å². The second kappa shape index (κ2) is 23.7. The van der Waals surface area contributed by atoms with Gasteiger partial charge < -0.3 is 4.79 Å². The smallest absolute Gasteiger partial charge is 0.106 e. The first-order valence-electron chi connectivity index (χ1n) is 18.7. The summed E-state index contributed by atoms with van der Waals surface area (Å²) in [6.07, 6.45) is 47.2. The van der Waals surface area contributed by atoms with E-state index < -0.39 is 0 Å². The van der Waals surface area contributed by atoms with Gasteiger partial charge in [0.05, 0.1) is 0 Å². The van der Waals surface area contributed by atoms with Crippen LogP contribution in [-0.2, 0) is 24.3 Å². The van der Waals surface area contributed by atoms with Gasteiger partial charge >= 0.3 is 0 Å². The van der Waals surface area contributed by atoms with Crippen LogP contribution in [0.4, 0.5) is 0 Å². The first kappa shape index (κ1) is 39.6. The van der Waals surface area contributed by atoms with E-state index in [9.17, 15) is 0 Å². The molecule has 0 unspecified atom stereocenters. The Labute approximate surface area is 284 Å². The van der Waals surface area contributed by atoms with Crippen LogP contribution in [-0.4, -0.2) is 40.7 Å². The normalized spacial score (nSPS) is 26.2. The Morgan fingerprint density at radius 3 is 0.524 bits per heavy atom. The van der Waals surface area contributed by atoms with Crippen LogP contribution in [0, 0.1) is 0 Å². The zero-order valence-electron chi connectivity index (χ0n) is 27.4. The van der Waals surface area contributed by atoms with Crippen LogP contribution in [0.25, 0.3) is 0 Å². The number of carbonyl (C=O) groups is 1. The summed E-state index contributed by atoms with van der Waals surface area (Å²) in [6.45, 7) is 2.00. The summed E-state index contributed by atoms with van der Waals surface area (Å²) in [5.74, 6) is 0. The quantitative estimate of drug-likeness (QED) is 0.197. The van der Waals surface area contributed by atoms with Crippen LogP contribution in [0.2, 0.25) is 0 Å². The van der Waals surface area contributed by atoms with E-state index in [1.807, 2.05) is 6.79 Å². The average Bonchev–Trinajstić information content (AvgIpc) is 3.06. The molecular weight excluding hydrogens is 659 g/mol. The van der Waals surface area contributed by atoms with Crippen molar-refractivity contribution in [2.45, 2.75) is 227 Å². The van der Waals surface area contributed by atoms with E-state index >= 15 is 0 Å². The number of hydrogen-bond acceptors (Lipinski definition) is 1. The molecule has 0 bridgehead atoms. The molecule has 0 saturated heterocycles. The van der Waals surface area contributed by atoms with Gasteiger partial charge in [0, 0.05) is 19.5 Å². The van der Waals surface area contributed by atoms with Crippen LogP contribution in [0.1, 0.15) is 193 Å².